The van der Waals surface area contributed by atoms with E-state index < -0.39 is 0 Å². The average molecular weight is 319 g/mol. The molecule has 0 saturated carbocycles. The summed E-state index contributed by atoms with van der Waals surface area (Å²) >= 11 is 3.40. The molecule has 0 fully saturated rings. The van der Waals surface area contributed by atoms with Gasteiger partial charge in [-0.1, -0.05) is 22.0 Å². The van der Waals surface area contributed by atoms with Crippen LogP contribution in [0.15, 0.2) is 40.9 Å². The molecule has 0 aliphatic heterocycles. The Bertz CT molecular complexity index is 647. The summed E-state index contributed by atoms with van der Waals surface area (Å²) in [7, 11) is 0. The highest BCUT2D eigenvalue weighted by Crippen LogP contribution is 2.21. The number of hydrogen-bond acceptors (Lipinski definition) is 2. The van der Waals surface area contributed by atoms with Crippen LogP contribution in [0.3, 0.4) is 0 Å². The maximum absolute atomic E-state index is 13.6. The highest BCUT2D eigenvalue weighted by molar-refractivity contribution is 9.10. The topological polar surface area (TPSA) is 35.8 Å². The molecule has 0 bridgehead atoms. The van der Waals surface area contributed by atoms with Gasteiger partial charge in [-0.05, 0) is 42.8 Å². The number of aryl methyl sites for hydroxylation is 1. The van der Waals surface area contributed by atoms with Crippen LogP contribution in [0.25, 0.3) is 0 Å². The lowest BCUT2D eigenvalue weighted by molar-refractivity contribution is 0.612. The molecule has 2 nitrogen and oxygen atoms in total. The van der Waals surface area contributed by atoms with E-state index in [4.69, 9.17) is 5.26 Å². The lowest BCUT2D eigenvalue weighted by atomic mass is 10.1. The fourth-order valence-electron chi connectivity index (χ4n) is 1.75. The summed E-state index contributed by atoms with van der Waals surface area (Å²) in [6.45, 7) is 2.33. The summed E-state index contributed by atoms with van der Waals surface area (Å²) in [6.07, 6.45) is 0. The number of nitriles is 1. The summed E-state index contributed by atoms with van der Waals surface area (Å²) in [5.41, 5.74) is 2.97. The number of benzene rings is 2. The minimum atomic E-state index is -0.306. The second-order valence-electron chi connectivity index (χ2n) is 4.23. The van der Waals surface area contributed by atoms with E-state index in [1.165, 1.54) is 12.1 Å². The van der Waals surface area contributed by atoms with Crippen LogP contribution in [0, 0.1) is 24.1 Å². The van der Waals surface area contributed by atoms with Crippen molar-refractivity contribution in [2.24, 2.45) is 0 Å². The summed E-state index contributed by atoms with van der Waals surface area (Å²) in [6, 6.07) is 12.3. The van der Waals surface area contributed by atoms with Gasteiger partial charge in [0.15, 0.2) is 0 Å². The summed E-state index contributed by atoms with van der Waals surface area (Å²) in [4.78, 5) is 0. The van der Waals surface area contributed by atoms with Gasteiger partial charge in [0.2, 0.25) is 0 Å². The van der Waals surface area contributed by atoms with E-state index in [1.807, 2.05) is 31.2 Å². The molecule has 0 unspecified atom stereocenters. The van der Waals surface area contributed by atoms with Crippen LogP contribution in [0.5, 0.6) is 0 Å². The van der Waals surface area contributed by atoms with E-state index >= 15 is 0 Å². The molecule has 1 N–H and O–H groups in total. The SMILES string of the molecule is Cc1ccc(Br)cc1NCc1cc(C#N)ccc1F. The maximum atomic E-state index is 13.6. The molecular formula is C15H12BrFN2. The molecule has 0 saturated heterocycles. The first kappa shape index (κ1) is 13.6. The molecule has 19 heavy (non-hydrogen) atoms. The highest BCUT2D eigenvalue weighted by Gasteiger charge is 2.05. The number of nitrogens with zero attached hydrogens (tertiary/aromatic N) is 1. The van der Waals surface area contributed by atoms with Gasteiger partial charge in [0.05, 0.1) is 11.6 Å². The van der Waals surface area contributed by atoms with Crippen molar-refractivity contribution in [1.29, 1.82) is 5.26 Å². The number of rotatable bonds is 3. The van der Waals surface area contributed by atoms with Gasteiger partial charge in [-0.15, -0.1) is 0 Å². The zero-order valence-corrected chi connectivity index (χ0v) is 12.0. The lowest BCUT2D eigenvalue weighted by Crippen LogP contribution is -2.03. The lowest BCUT2D eigenvalue weighted by Gasteiger charge is -2.11. The average Bonchev–Trinajstić information content (AvgIpc) is 2.41. The van der Waals surface area contributed by atoms with E-state index in [-0.39, 0.29) is 5.82 Å². The predicted molar refractivity (Wildman–Crippen MR) is 77.3 cm³/mol. The molecule has 0 aliphatic rings. The molecule has 2 aromatic carbocycles. The van der Waals surface area contributed by atoms with E-state index in [9.17, 15) is 4.39 Å². The van der Waals surface area contributed by atoms with Crippen LogP contribution in [0.4, 0.5) is 10.1 Å². The van der Waals surface area contributed by atoms with Crippen molar-refractivity contribution in [2.45, 2.75) is 13.5 Å². The molecule has 0 radical (unpaired) electrons. The molecule has 0 aromatic heterocycles. The van der Waals surface area contributed by atoms with Gasteiger partial charge >= 0.3 is 0 Å². The van der Waals surface area contributed by atoms with E-state index in [0.29, 0.717) is 17.7 Å². The second kappa shape index (κ2) is 5.85. The zero-order chi connectivity index (χ0) is 13.8. The number of halogens is 2. The first-order valence-corrected chi connectivity index (χ1v) is 6.58. The standard InChI is InChI=1S/C15H12BrFN2/c1-10-2-4-13(16)7-15(10)19-9-12-6-11(8-18)3-5-14(12)17/h2-7,19H,9H2,1H3. The summed E-state index contributed by atoms with van der Waals surface area (Å²) in [5, 5.41) is 12.0. The molecule has 96 valence electrons. The van der Waals surface area contributed by atoms with E-state index in [0.717, 1.165) is 15.7 Å². The highest BCUT2D eigenvalue weighted by atomic mass is 79.9. The van der Waals surface area contributed by atoms with Crippen molar-refractivity contribution in [3.8, 4) is 6.07 Å². The fraction of sp³-hybridized carbons (Fsp3) is 0.133. The molecule has 0 spiro atoms. The smallest absolute Gasteiger partial charge is 0.128 e. The third kappa shape index (κ3) is 3.33. The quantitative estimate of drug-likeness (QED) is 0.911. The van der Waals surface area contributed by atoms with Crippen LogP contribution >= 0.6 is 15.9 Å². The van der Waals surface area contributed by atoms with Crippen LogP contribution < -0.4 is 5.32 Å². The van der Waals surface area contributed by atoms with E-state index in [2.05, 4.69) is 21.2 Å². The third-order valence-corrected chi connectivity index (χ3v) is 3.34. The Morgan fingerprint density at radius 3 is 2.79 bits per heavy atom. The van der Waals surface area contributed by atoms with Crippen LogP contribution in [0.2, 0.25) is 0 Å². The molecule has 2 rings (SSSR count). The first-order valence-electron chi connectivity index (χ1n) is 5.78. The normalized spacial score (nSPS) is 10.0. The predicted octanol–water partition coefficient (Wildman–Crippen LogP) is 4.38. The Morgan fingerprint density at radius 2 is 2.05 bits per heavy atom. The Kier molecular flexibility index (Phi) is 4.18. The monoisotopic (exact) mass is 318 g/mol. The second-order valence-corrected chi connectivity index (χ2v) is 5.15. The van der Waals surface area contributed by atoms with Gasteiger partial charge in [-0.2, -0.15) is 5.26 Å². The molecule has 4 heteroatoms. The van der Waals surface area contributed by atoms with Gasteiger partial charge in [-0.25, -0.2) is 4.39 Å². The Hall–Kier alpha value is -1.86. The molecule has 0 amide bonds. The van der Waals surface area contributed by atoms with Gasteiger partial charge in [0.1, 0.15) is 5.82 Å². The maximum Gasteiger partial charge on any atom is 0.128 e. The van der Waals surface area contributed by atoms with Crippen molar-refractivity contribution >= 4 is 21.6 Å². The molecule has 0 heterocycles. The van der Waals surface area contributed by atoms with Gasteiger partial charge in [0, 0.05) is 22.3 Å². The molecule has 2 aromatic rings. The van der Waals surface area contributed by atoms with Crippen LogP contribution in [0.1, 0.15) is 16.7 Å². The third-order valence-electron chi connectivity index (χ3n) is 2.84. The van der Waals surface area contributed by atoms with Crippen molar-refractivity contribution in [1.82, 2.24) is 0 Å². The Labute approximate surface area is 120 Å². The minimum absolute atomic E-state index is 0.306. The Morgan fingerprint density at radius 1 is 1.26 bits per heavy atom. The van der Waals surface area contributed by atoms with Crippen molar-refractivity contribution in [2.75, 3.05) is 5.32 Å². The summed E-state index contributed by atoms with van der Waals surface area (Å²) in [5.74, 6) is -0.306. The number of nitrogens with one attached hydrogen (secondary N) is 1. The summed E-state index contributed by atoms with van der Waals surface area (Å²) < 4.78 is 14.6. The van der Waals surface area contributed by atoms with Crippen molar-refractivity contribution in [3.63, 3.8) is 0 Å². The fourth-order valence-corrected chi connectivity index (χ4v) is 2.12. The van der Waals surface area contributed by atoms with Crippen molar-refractivity contribution in [3.05, 3.63) is 63.4 Å². The van der Waals surface area contributed by atoms with E-state index in [1.54, 1.807) is 6.07 Å². The minimum Gasteiger partial charge on any atom is -0.381 e. The first-order chi connectivity index (χ1) is 9.10. The van der Waals surface area contributed by atoms with Crippen LogP contribution in [-0.4, -0.2) is 0 Å². The Balaban J connectivity index is 2.19. The van der Waals surface area contributed by atoms with Crippen molar-refractivity contribution < 1.29 is 4.39 Å². The molecule has 0 aliphatic carbocycles. The van der Waals surface area contributed by atoms with Gasteiger partial charge < -0.3 is 5.32 Å². The van der Waals surface area contributed by atoms with Gasteiger partial charge in [0.25, 0.3) is 0 Å². The van der Waals surface area contributed by atoms with Gasteiger partial charge in [-0.3, -0.25) is 0 Å². The van der Waals surface area contributed by atoms with Crippen LogP contribution in [-0.2, 0) is 6.54 Å². The number of anilines is 1. The number of hydrogen-bond donors (Lipinski definition) is 1. The largest absolute Gasteiger partial charge is 0.381 e. The molecule has 0 atom stereocenters. The zero-order valence-electron chi connectivity index (χ0n) is 10.4. The molecular weight excluding hydrogens is 307 g/mol.